The Morgan fingerprint density at radius 2 is 0.969 bits per heavy atom. The molecule has 0 saturated carbocycles. The molecule has 0 spiro atoms. The van der Waals surface area contributed by atoms with E-state index in [1.165, 1.54) is 0 Å². The number of rotatable bonds is 13. The molecule has 0 fully saturated rings. The number of carbonyl (C=O) groups excluding carboxylic acids is 2. The fraction of sp³-hybridized carbons (Fsp3) is 0.333. The molecule has 2 aromatic rings. The van der Waals surface area contributed by atoms with E-state index >= 15 is 0 Å². The maximum Gasteiger partial charge on any atom is 0.240 e. The lowest BCUT2D eigenvalue weighted by Crippen LogP contribution is -2.17. The summed E-state index contributed by atoms with van der Waals surface area (Å²) in [5.41, 5.74) is 6.81. The van der Waals surface area contributed by atoms with Crippen molar-refractivity contribution in [2.45, 2.75) is 51.4 Å². The Kier molecular flexibility index (Phi) is 12.1. The molecule has 6 nitrogen and oxygen atoms in total. The van der Waals surface area contributed by atoms with Crippen molar-refractivity contribution in [2.24, 2.45) is 10.2 Å². The molecule has 0 radical (unpaired) electrons. The van der Waals surface area contributed by atoms with Crippen LogP contribution >= 0.6 is 23.2 Å². The van der Waals surface area contributed by atoms with Gasteiger partial charge in [0, 0.05) is 22.9 Å². The fourth-order valence-electron chi connectivity index (χ4n) is 2.85. The van der Waals surface area contributed by atoms with Gasteiger partial charge in [0.15, 0.2) is 0 Å². The number of nitrogens with one attached hydrogen (secondary N) is 2. The second-order valence-corrected chi connectivity index (χ2v) is 8.18. The predicted molar refractivity (Wildman–Crippen MR) is 131 cm³/mol. The normalized spacial score (nSPS) is 11.2. The van der Waals surface area contributed by atoms with Gasteiger partial charge >= 0.3 is 0 Å². The first-order valence-corrected chi connectivity index (χ1v) is 11.4. The number of amides is 2. The summed E-state index contributed by atoms with van der Waals surface area (Å²) in [6.45, 7) is 0. The molecule has 0 atom stereocenters. The van der Waals surface area contributed by atoms with Crippen molar-refractivity contribution in [2.75, 3.05) is 0 Å². The van der Waals surface area contributed by atoms with Crippen molar-refractivity contribution in [3.63, 3.8) is 0 Å². The van der Waals surface area contributed by atoms with E-state index in [9.17, 15) is 9.59 Å². The molecule has 32 heavy (non-hydrogen) atoms. The summed E-state index contributed by atoms with van der Waals surface area (Å²) in [4.78, 5) is 23.6. The van der Waals surface area contributed by atoms with Crippen molar-refractivity contribution in [1.82, 2.24) is 10.9 Å². The van der Waals surface area contributed by atoms with E-state index < -0.39 is 0 Å². The Morgan fingerprint density at radius 3 is 1.34 bits per heavy atom. The first kappa shape index (κ1) is 25.6. The van der Waals surface area contributed by atoms with Crippen LogP contribution in [0.5, 0.6) is 0 Å². The number of hydrazone groups is 2. The molecule has 0 unspecified atom stereocenters. The van der Waals surface area contributed by atoms with Crippen LogP contribution in [0.1, 0.15) is 62.5 Å². The summed E-state index contributed by atoms with van der Waals surface area (Å²) in [6, 6.07) is 14.4. The third-order valence-corrected chi connectivity index (χ3v) is 5.11. The summed E-state index contributed by atoms with van der Waals surface area (Å²) in [6.07, 6.45) is 9.76. The van der Waals surface area contributed by atoms with Gasteiger partial charge in [0.1, 0.15) is 0 Å². The van der Waals surface area contributed by atoms with Gasteiger partial charge in [-0.15, -0.1) is 0 Å². The van der Waals surface area contributed by atoms with Crippen molar-refractivity contribution < 1.29 is 9.59 Å². The van der Waals surface area contributed by atoms with Crippen LogP contribution in [0.15, 0.2) is 58.7 Å². The Hall–Kier alpha value is -2.70. The zero-order chi connectivity index (χ0) is 23.0. The molecule has 0 bridgehead atoms. The average molecular weight is 475 g/mol. The molecule has 8 heteroatoms. The zero-order valence-corrected chi connectivity index (χ0v) is 19.4. The van der Waals surface area contributed by atoms with Crippen LogP contribution in [-0.4, -0.2) is 24.2 Å². The van der Waals surface area contributed by atoms with E-state index in [0.29, 0.717) is 22.9 Å². The highest BCUT2D eigenvalue weighted by Gasteiger charge is 2.01. The second kappa shape index (κ2) is 15.2. The van der Waals surface area contributed by atoms with Gasteiger partial charge in [0.2, 0.25) is 11.8 Å². The molecule has 0 aliphatic rings. The van der Waals surface area contributed by atoms with E-state index in [-0.39, 0.29) is 11.8 Å². The van der Waals surface area contributed by atoms with E-state index in [4.69, 9.17) is 23.2 Å². The summed E-state index contributed by atoms with van der Waals surface area (Å²) >= 11 is 11.6. The molecule has 0 aliphatic heterocycles. The third-order valence-electron chi connectivity index (χ3n) is 4.60. The van der Waals surface area contributed by atoms with Crippen LogP contribution in [0.25, 0.3) is 0 Å². The van der Waals surface area contributed by atoms with Crippen LogP contribution in [-0.2, 0) is 9.59 Å². The lowest BCUT2D eigenvalue weighted by molar-refractivity contribution is -0.122. The predicted octanol–water partition coefficient (Wildman–Crippen LogP) is 5.71. The molecule has 0 saturated heterocycles. The van der Waals surface area contributed by atoms with Crippen molar-refractivity contribution in [3.8, 4) is 0 Å². The molecule has 2 rings (SSSR count). The van der Waals surface area contributed by atoms with Gasteiger partial charge in [-0.05, 0) is 48.2 Å². The minimum absolute atomic E-state index is 0.0916. The van der Waals surface area contributed by atoms with Crippen LogP contribution in [0, 0.1) is 0 Å². The lowest BCUT2D eigenvalue weighted by atomic mass is 10.1. The Bertz CT molecular complexity index is 822. The maximum absolute atomic E-state index is 11.8. The van der Waals surface area contributed by atoms with E-state index in [0.717, 1.165) is 49.7 Å². The van der Waals surface area contributed by atoms with Crippen LogP contribution in [0.4, 0.5) is 0 Å². The molecule has 170 valence electrons. The minimum Gasteiger partial charge on any atom is -0.273 e. The summed E-state index contributed by atoms with van der Waals surface area (Å²) in [7, 11) is 0. The maximum atomic E-state index is 11.8. The van der Waals surface area contributed by atoms with Gasteiger partial charge in [-0.3, -0.25) is 9.59 Å². The lowest BCUT2D eigenvalue weighted by Gasteiger charge is -2.02. The zero-order valence-electron chi connectivity index (χ0n) is 17.9. The summed E-state index contributed by atoms with van der Waals surface area (Å²) in [5.74, 6) is -0.183. The number of benzene rings is 2. The standard InChI is InChI=1S/C24H28Cl2N4O2/c25-21-13-9-19(10-14-21)17-27-29-23(31)7-5-3-1-2-4-6-8-24(32)30-28-18-20-11-15-22(26)16-12-20/h9-18H,1-8H2,(H,29,31)(H,30,32). The number of hydrogen-bond donors (Lipinski definition) is 2. The Balaban J connectivity index is 1.43. The van der Waals surface area contributed by atoms with Gasteiger partial charge in [-0.25, -0.2) is 10.9 Å². The summed E-state index contributed by atoms with van der Waals surface area (Å²) < 4.78 is 0. The Labute approximate surface area is 199 Å². The van der Waals surface area contributed by atoms with Gasteiger partial charge in [-0.1, -0.05) is 73.2 Å². The first-order valence-electron chi connectivity index (χ1n) is 10.7. The number of hydrogen-bond acceptors (Lipinski definition) is 4. The van der Waals surface area contributed by atoms with Crippen molar-refractivity contribution in [3.05, 3.63) is 69.7 Å². The second-order valence-electron chi connectivity index (χ2n) is 7.31. The fourth-order valence-corrected chi connectivity index (χ4v) is 3.10. The quantitative estimate of drug-likeness (QED) is 0.221. The van der Waals surface area contributed by atoms with Gasteiger partial charge in [0.25, 0.3) is 0 Å². The molecule has 2 amide bonds. The van der Waals surface area contributed by atoms with Crippen molar-refractivity contribution in [1.29, 1.82) is 0 Å². The molecular formula is C24H28Cl2N4O2. The number of carbonyl (C=O) groups is 2. The highest BCUT2D eigenvalue weighted by atomic mass is 35.5. The topological polar surface area (TPSA) is 82.9 Å². The molecule has 0 heterocycles. The van der Waals surface area contributed by atoms with Gasteiger partial charge < -0.3 is 0 Å². The molecular weight excluding hydrogens is 447 g/mol. The monoisotopic (exact) mass is 474 g/mol. The molecule has 0 aliphatic carbocycles. The molecule has 0 aromatic heterocycles. The Morgan fingerprint density at radius 1 is 0.625 bits per heavy atom. The number of nitrogens with zero attached hydrogens (tertiary/aromatic N) is 2. The first-order chi connectivity index (χ1) is 15.5. The number of halogens is 2. The van der Waals surface area contributed by atoms with Gasteiger partial charge in [0.05, 0.1) is 12.4 Å². The third kappa shape index (κ3) is 11.6. The minimum atomic E-state index is -0.0916. The highest BCUT2D eigenvalue weighted by molar-refractivity contribution is 6.30. The van der Waals surface area contributed by atoms with Crippen LogP contribution < -0.4 is 10.9 Å². The van der Waals surface area contributed by atoms with Crippen LogP contribution in [0.2, 0.25) is 10.0 Å². The smallest absolute Gasteiger partial charge is 0.240 e. The highest BCUT2D eigenvalue weighted by Crippen LogP contribution is 2.10. The van der Waals surface area contributed by atoms with E-state index in [1.807, 2.05) is 24.3 Å². The largest absolute Gasteiger partial charge is 0.273 e. The average Bonchev–Trinajstić information content (AvgIpc) is 2.78. The number of unbranched alkanes of at least 4 members (excludes halogenated alkanes) is 5. The van der Waals surface area contributed by atoms with E-state index in [2.05, 4.69) is 21.1 Å². The molecule has 2 N–H and O–H groups in total. The van der Waals surface area contributed by atoms with Crippen LogP contribution in [0.3, 0.4) is 0 Å². The molecule has 2 aromatic carbocycles. The summed E-state index contributed by atoms with van der Waals surface area (Å²) in [5, 5.41) is 9.22. The van der Waals surface area contributed by atoms with Gasteiger partial charge in [-0.2, -0.15) is 10.2 Å². The van der Waals surface area contributed by atoms with Crippen molar-refractivity contribution >= 4 is 47.4 Å². The van der Waals surface area contributed by atoms with E-state index in [1.54, 1.807) is 36.7 Å². The SMILES string of the molecule is O=C(CCCCCCCCC(=O)NN=Cc1ccc(Cl)cc1)NN=Cc1ccc(Cl)cc1.